The van der Waals surface area contributed by atoms with Gasteiger partial charge in [-0.3, -0.25) is 9.59 Å². The molecule has 1 atom stereocenters. The van der Waals surface area contributed by atoms with Crippen LogP contribution in [0.2, 0.25) is 0 Å². The number of anilines is 1. The first-order valence-electron chi connectivity index (χ1n) is 5.25. The molecule has 7 heteroatoms. The van der Waals surface area contributed by atoms with E-state index in [1.807, 2.05) is 0 Å². The standard InChI is InChI=1S/C10H13N3O3S/c1-6-4-8(12-16-6)13-9(14)5-7(10(13)15)17-3-2-11/h4,7H,2-3,5,11H2,1H3/t7-/m1/s1. The van der Waals surface area contributed by atoms with Crippen LogP contribution in [0.3, 0.4) is 0 Å². The van der Waals surface area contributed by atoms with Crippen molar-refractivity contribution in [3.8, 4) is 0 Å². The fourth-order valence-corrected chi connectivity index (χ4v) is 2.57. The normalized spacial score (nSPS) is 20.4. The van der Waals surface area contributed by atoms with Crippen molar-refractivity contribution < 1.29 is 14.1 Å². The maximum Gasteiger partial charge on any atom is 0.248 e. The lowest BCUT2D eigenvalue weighted by Gasteiger charge is -2.10. The molecule has 17 heavy (non-hydrogen) atoms. The van der Waals surface area contributed by atoms with Crippen LogP contribution in [0.25, 0.3) is 0 Å². The fraction of sp³-hybridized carbons (Fsp3) is 0.500. The third-order valence-electron chi connectivity index (χ3n) is 2.39. The molecule has 2 heterocycles. The Hall–Kier alpha value is -1.34. The van der Waals surface area contributed by atoms with E-state index in [9.17, 15) is 9.59 Å². The summed E-state index contributed by atoms with van der Waals surface area (Å²) in [6.07, 6.45) is 0.204. The summed E-state index contributed by atoms with van der Waals surface area (Å²) in [5, 5.41) is 3.34. The summed E-state index contributed by atoms with van der Waals surface area (Å²) in [5.74, 6) is 1.03. The molecule has 0 aliphatic carbocycles. The van der Waals surface area contributed by atoms with Gasteiger partial charge in [-0.15, -0.1) is 11.8 Å². The molecular formula is C10H13N3O3S. The zero-order chi connectivity index (χ0) is 12.4. The van der Waals surface area contributed by atoms with Gasteiger partial charge in [0.05, 0.1) is 5.25 Å². The number of rotatable bonds is 4. The number of amides is 2. The number of aryl methyl sites for hydroxylation is 1. The fourth-order valence-electron chi connectivity index (χ4n) is 1.64. The summed E-state index contributed by atoms with van der Waals surface area (Å²) in [6, 6.07) is 1.58. The first kappa shape index (κ1) is 12.1. The lowest BCUT2D eigenvalue weighted by molar-refractivity contribution is -0.121. The minimum Gasteiger partial charge on any atom is -0.360 e. The lowest BCUT2D eigenvalue weighted by atomic mass is 10.4. The van der Waals surface area contributed by atoms with Gasteiger partial charge in [-0.05, 0) is 6.92 Å². The van der Waals surface area contributed by atoms with Crippen molar-refractivity contribution in [1.29, 1.82) is 0 Å². The van der Waals surface area contributed by atoms with Crippen molar-refractivity contribution in [1.82, 2.24) is 5.16 Å². The lowest BCUT2D eigenvalue weighted by Crippen LogP contribution is -2.31. The highest BCUT2D eigenvalue weighted by Crippen LogP contribution is 2.28. The van der Waals surface area contributed by atoms with Crippen LogP contribution in [-0.4, -0.2) is 34.5 Å². The SMILES string of the molecule is Cc1cc(N2C(=O)C[C@@H](SCCN)C2=O)no1. The summed E-state index contributed by atoms with van der Waals surface area (Å²) in [7, 11) is 0. The molecule has 2 rings (SSSR count). The molecule has 2 N–H and O–H groups in total. The maximum absolute atomic E-state index is 12.0. The van der Waals surface area contributed by atoms with Crippen LogP contribution in [0.4, 0.5) is 5.82 Å². The van der Waals surface area contributed by atoms with E-state index in [1.54, 1.807) is 13.0 Å². The number of thioether (sulfide) groups is 1. The second kappa shape index (κ2) is 4.89. The van der Waals surface area contributed by atoms with Gasteiger partial charge in [0.1, 0.15) is 5.76 Å². The average Bonchev–Trinajstić information content (AvgIpc) is 2.81. The highest BCUT2D eigenvalue weighted by atomic mass is 32.2. The number of hydrogen-bond acceptors (Lipinski definition) is 6. The average molecular weight is 255 g/mol. The van der Waals surface area contributed by atoms with E-state index >= 15 is 0 Å². The number of carbonyl (C=O) groups is 2. The Morgan fingerprint density at radius 1 is 1.65 bits per heavy atom. The molecule has 1 saturated heterocycles. The van der Waals surface area contributed by atoms with E-state index in [4.69, 9.17) is 10.3 Å². The number of imide groups is 1. The van der Waals surface area contributed by atoms with Gasteiger partial charge in [-0.1, -0.05) is 5.16 Å². The number of nitrogens with two attached hydrogens (primary N) is 1. The van der Waals surface area contributed by atoms with Crippen LogP contribution >= 0.6 is 11.8 Å². The van der Waals surface area contributed by atoms with E-state index in [1.165, 1.54) is 11.8 Å². The van der Waals surface area contributed by atoms with Gasteiger partial charge in [0.2, 0.25) is 11.8 Å². The summed E-state index contributed by atoms with van der Waals surface area (Å²) in [6.45, 7) is 2.20. The van der Waals surface area contributed by atoms with Crippen molar-refractivity contribution in [2.24, 2.45) is 5.73 Å². The predicted molar refractivity (Wildman–Crippen MR) is 63.7 cm³/mol. The molecule has 0 spiro atoms. The molecule has 2 amide bonds. The summed E-state index contributed by atoms with van der Waals surface area (Å²) >= 11 is 1.41. The monoisotopic (exact) mass is 255 g/mol. The van der Waals surface area contributed by atoms with E-state index in [0.29, 0.717) is 18.1 Å². The van der Waals surface area contributed by atoms with Crippen LogP contribution in [-0.2, 0) is 9.59 Å². The quantitative estimate of drug-likeness (QED) is 0.779. The Kier molecular flexibility index (Phi) is 3.49. The number of carbonyl (C=O) groups excluding carboxylic acids is 2. The minimum absolute atomic E-state index is 0.204. The topological polar surface area (TPSA) is 89.4 Å². The number of aromatic nitrogens is 1. The molecule has 1 fully saturated rings. The Labute approximate surface area is 102 Å². The molecule has 1 aromatic heterocycles. The highest BCUT2D eigenvalue weighted by molar-refractivity contribution is 8.00. The third-order valence-corrected chi connectivity index (χ3v) is 3.63. The second-order valence-electron chi connectivity index (χ2n) is 3.72. The Morgan fingerprint density at radius 2 is 2.41 bits per heavy atom. The second-order valence-corrected chi connectivity index (χ2v) is 5.03. The van der Waals surface area contributed by atoms with Crippen molar-refractivity contribution in [3.63, 3.8) is 0 Å². The molecule has 0 saturated carbocycles. The molecule has 1 aliphatic heterocycles. The number of hydrogen-bond donors (Lipinski definition) is 1. The van der Waals surface area contributed by atoms with Crippen molar-refractivity contribution in [3.05, 3.63) is 11.8 Å². The van der Waals surface area contributed by atoms with Crippen molar-refractivity contribution in [2.45, 2.75) is 18.6 Å². The molecule has 1 aliphatic rings. The van der Waals surface area contributed by atoms with Gasteiger partial charge in [0.25, 0.3) is 0 Å². The van der Waals surface area contributed by atoms with Gasteiger partial charge in [-0.25, -0.2) is 4.90 Å². The van der Waals surface area contributed by atoms with E-state index in [2.05, 4.69) is 5.16 Å². The first-order valence-corrected chi connectivity index (χ1v) is 6.30. The molecule has 0 unspecified atom stereocenters. The van der Waals surface area contributed by atoms with E-state index in [-0.39, 0.29) is 29.3 Å². The Bertz CT molecular complexity index is 446. The van der Waals surface area contributed by atoms with Crippen LogP contribution in [0.15, 0.2) is 10.6 Å². The summed E-state index contributed by atoms with van der Waals surface area (Å²) < 4.78 is 4.87. The van der Waals surface area contributed by atoms with Crippen LogP contribution in [0, 0.1) is 6.92 Å². The smallest absolute Gasteiger partial charge is 0.248 e. The van der Waals surface area contributed by atoms with E-state index in [0.717, 1.165) is 4.90 Å². The molecule has 6 nitrogen and oxygen atoms in total. The van der Waals surface area contributed by atoms with Gasteiger partial charge in [-0.2, -0.15) is 0 Å². The van der Waals surface area contributed by atoms with Crippen LogP contribution < -0.4 is 10.6 Å². The van der Waals surface area contributed by atoms with Gasteiger partial charge < -0.3 is 10.3 Å². The molecule has 0 aromatic carbocycles. The molecule has 92 valence electrons. The Morgan fingerprint density at radius 3 is 3.00 bits per heavy atom. The summed E-state index contributed by atoms with van der Waals surface area (Å²) in [4.78, 5) is 24.8. The molecule has 0 bridgehead atoms. The third kappa shape index (κ3) is 2.34. The maximum atomic E-state index is 12.0. The van der Waals surface area contributed by atoms with Crippen molar-refractivity contribution >= 4 is 29.4 Å². The minimum atomic E-state index is -0.344. The zero-order valence-electron chi connectivity index (χ0n) is 9.38. The number of nitrogens with zero attached hydrogens (tertiary/aromatic N) is 2. The van der Waals surface area contributed by atoms with Crippen molar-refractivity contribution in [2.75, 3.05) is 17.2 Å². The first-order chi connectivity index (χ1) is 8.13. The Balaban J connectivity index is 2.14. The molecular weight excluding hydrogens is 242 g/mol. The van der Waals surface area contributed by atoms with Gasteiger partial charge in [0.15, 0.2) is 5.82 Å². The van der Waals surface area contributed by atoms with Gasteiger partial charge in [0, 0.05) is 24.8 Å². The van der Waals surface area contributed by atoms with Crippen LogP contribution in [0.5, 0.6) is 0 Å². The molecule has 0 radical (unpaired) electrons. The summed E-state index contributed by atoms with van der Waals surface area (Å²) in [5.41, 5.74) is 5.38. The predicted octanol–water partition coefficient (Wildman–Crippen LogP) is 0.307. The molecule has 1 aromatic rings. The largest absolute Gasteiger partial charge is 0.360 e. The van der Waals surface area contributed by atoms with E-state index < -0.39 is 0 Å². The van der Waals surface area contributed by atoms with Crippen LogP contribution in [0.1, 0.15) is 12.2 Å². The van der Waals surface area contributed by atoms with Gasteiger partial charge >= 0.3 is 0 Å². The zero-order valence-corrected chi connectivity index (χ0v) is 10.2. The highest BCUT2D eigenvalue weighted by Gasteiger charge is 2.40.